The van der Waals surface area contributed by atoms with Gasteiger partial charge in [-0.15, -0.1) is 5.10 Å². The number of non-ortho nitro benzene ring substituents is 1. The molecule has 25 heavy (non-hydrogen) atoms. The van der Waals surface area contributed by atoms with Crippen molar-refractivity contribution in [3.63, 3.8) is 0 Å². The van der Waals surface area contributed by atoms with Crippen LogP contribution in [0, 0.1) is 24.0 Å². The van der Waals surface area contributed by atoms with Crippen LogP contribution in [0.25, 0.3) is 5.78 Å². The molecule has 0 spiro atoms. The number of hydrogen-bond donors (Lipinski definition) is 0. The minimum absolute atomic E-state index is 0.0143. The fourth-order valence-electron chi connectivity index (χ4n) is 2.54. The Morgan fingerprint density at radius 1 is 1.28 bits per heavy atom. The Labute approximate surface area is 143 Å². The van der Waals surface area contributed by atoms with Crippen molar-refractivity contribution in [2.45, 2.75) is 20.4 Å². The van der Waals surface area contributed by atoms with E-state index >= 15 is 0 Å². The maximum atomic E-state index is 12.6. The Morgan fingerprint density at radius 3 is 2.76 bits per heavy atom. The van der Waals surface area contributed by atoms with Gasteiger partial charge in [-0.2, -0.15) is 4.98 Å². The molecule has 0 aliphatic carbocycles. The standard InChI is InChI=1S/C16H16N6O3/c1-10-7-11(2)21-16(17-10)18-14(19-21)15(23)20(3)9-12-5-4-6-13(8-12)22(24)25/h4-8H,9H2,1-3H3. The van der Waals surface area contributed by atoms with Crippen molar-refractivity contribution in [1.82, 2.24) is 24.5 Å². The second-order valence-corrected chi connectivity index (χ2v) is 5.77. The second kappa shape index (κ2) is 6.27. The largest absolute Gasteiger partial charge is 0.335 e. The Balaban J connectivity index is 1.84. The van der Waals surface area contributed by atoms with Gasteiger partial charge in [0.25, 0.3) is 17.4 Å². The number of aryl methyl sites for hydroxylation is 2. The smallest absolute Gasteiger partial charge is 0.293 e. The lowest BCUT2D eigenvalue weighted by Gasteiger charge is -2.15. The SMILES string of the molecule is Cc1cc(C)n2nc(C(=O)N(C)Cc3cccc([N+](=O)[O-])c3)nc2n1. The van der Waals surface area contributed by atoms with Crippen molar-refractivity contribution in [2.24, 2.45) is 0 Å². The molecular formula is C16H16N6O3. The molecule has 1 aromatic carbocycles. The molecule has 1 amide bonds. The Morgan fingerprint density at radius 2 is 2.04 bits per heavy atom. The Hall–Kier alpha value is -3.36. The summed E-state index contributed by atoms with van der Waals surface area (Å²) in [6.07, 6.45) is 0. The van der Waals surface area contributed by atoms with Crippen molar-refractivity contribution in [2.75, 3.05) is 7.05 Å². The molecule has 0 atom stereocenters. The van der Waals surface area contributed by atoms with Crippen LogP contribution in [0.2, 0.25) is 0 Å². The highest BCUT2D eigenvalue weighted by Gasteiger charge is 2.19. The highest BCUT2D eigenvalue weighted by molar-refractivity contribution is 5.90. The predicted octanol–water partition coefficient (Wildman–Crippen LogP) is 1.92. The lowest BCUT2D eigenvalue weighted by Crippen LogP contribution is -2.27. The third-order valence-electron chi connectivity index (χ3n) is 3.70. The van der Waals surface area contributed by atoms with Gasteiger partial charge in [0.1, 0.15) is 0 Å². The molecule has 128 valence electrons. The number of amides is 1. The molecule has 3 aromatic rings. The lowest BCUT2D eigenvalue weighted by atomic mass is 10.2. The van der Waals surface area contributed by atoms with E-state index in [-0.39, 0.29) is 24.0 Å². The number of aromatic nitrogens is 4. The zero-order valence-corrected chi connectivity index (χ0v) is 14.0. The van der Waals surface area contributed by atoms with Gasteiger partial charge in [-0.1, -0.05) is 12.1 Å². The van der Waals surface area contributed by atoms with Crippen LogP contribution in [0.3, 0.4) is 0 Å². The first-order valence-electron chi connectivity index (χ1n) is 7.55. The van der Waals surface area contributed by atoms with Gasteiger partial charge in [0.15, 0.2) is 0 Å². The number of hydrogen-bond acceptors (Lipinski definition) is 6. The van der Waals surface area contributed by atoms with Crippen molar-refractivity contribution in [3.05, 3.63) is 63.2 Å². The van der Waals surface area contributed by atoms with Crippen molar-refractivity contribution in [3.8, 4) is 0 Å². The zero-order chi connectivity index (χ0) is 18.1. The quantitative estimate of drug-likeness (QED) is 0.530. The van der Waals surface area contributed by atoms with Crippen LogP contribution in [-0.4, -0.2) is 42.4 Å². The molecule has 2 aromatic heterocycles. The average Bonchev–Trinajstić information content (AvgIpc) is 2.98. The van der Waals surface area contributed by atoms with Gasteiger partial charge >= 0.3 is 0 Å². The number of carbonyl (C=O) groups excluding carboxylic acids is 1. The number of benzene rings is 1. The molecule has 9 heteroatoms. The summed E-state index contributed by atoms with van der Waals surface area (Å²) >= 11 is 0. The van der Waals surface area contributed by atoms with Crippen LogP contribution in [0.5, 0.6) is 0 Å². The summed E-state index contributed by atoms with van der Waals surface area (Å²) in [7, 11) is 1.60. The fourth-order valence-corrected chi connectivity index (χ4v) is 2.54. The number of nitro benzene ring substituents is 1. The minimum atomic E-state index is -0.467. The molecule has 0 saturated carbocycles. The van der Waals surface area contributed by atoms with E-state index in [1.54, 1.807) is 19.2 Å². The van der Waals surface area contributed by atoms with E-state index in [0.29, 0.717) is 11.3 Å². The van der Waals surface area contributed by atoms with Crippen molar-refractivity contribution in [1.29, 1.82) is 0 Å². The van der Waals surface area contributed by atoms with E-state index in [1.165, 1.54) is 21.5 Å². The molecule has 3 rings (SSSR count). The Bertz CT molecular complexity index is 981. The van der Waals surface area contributed by atoms with E-state index < -0.39 is 4.92 Å². The number of nitrogens with zero attached hydrogens (tertiary/aromatic N) is 6. The predicted molar refractivity (Wildman–Crippen MR) is 89.1 cm³/mol. The molecule has 0 unspecified atom stereocenters. The highest BCUT2D eigenvalue weighted by Crippen LogP contribution is 2.15. The first kappa shape index (κ1) is 16.5. The monoisotopic (exact) mass is 340 g/mol. The van der Waals surface area contributed by atoms with E-state index in [1.807, 2.05) is 19.9 Å². The van der Waals surface area contributed by atoms with Gasteiger partial charge in [-0.25, -0.2) is 9.50 Å². The van der Waals surface area contributed by atoms with Gasteiger partial charge in [0.2, 0.25) is 5.82 Å². The average molecular weight is 340 g/mol. The molecule has 2 heterocycles. The van der Waals surface area contributed by atoms with Gasteiger partial charge in [0, 0.05) is 37.1 Å². The van der Waals surface area contributed by atoms with Crippen LogP contribution in [0.15, 0.2) is 30.3 Å². The van der Waals surface area contributed by atoms with Gasteiger partial charge < -0.3 is 4.90 Å². The lowest BCUT2D eigenvalue weighted by molar-refractivity contribution is -0.384. The van der Waals surface area contributed by atoms with Gasteiger partial charge in [0.05, 0.1) is 4.92 Å². The minimum Gasteiger partial charge on any atom is -0.335 e. The van der Waals surface area contributed by atoms with Crippen LogP contribution in [0.1, 0.15) is 27.6 Å². The van der Waals surface area contributed by atoms with E-state index in [9.17, 15) is 14.9 Å². The molecule has 0 aliphatic rings. The fraction of sp³-hybridized carbons (Fsp3) is 0.250. The summed E-state index contributed by atoms with van der Waals surface area (Å²) < 4.78 is 1.52. The van der Waals surface area contributed by atoms with Crippen LogP contribution in [-0.2, 0) is 6.54 Å². The summed E-state index contributed by atoms with van der Waals surface area (Å²) in [5, 5.41) is 15.1. The second-order valence-electron chi connectivity index (χ2n) is 5.77. The number of carbonyl (C=O) groups is 1. The molecule has 0 radical (unpaired) electrons. The molecule has 0 bridgehead atoms. The number of fused-ring (bicyclic) bond motifs is 1. The number of rotatable bonds is 4. The maximum absolute atomic E-state index is 12.6. The topological polar surface area (TPSA) is 107 Å². The van der Waals surface area contributed by atoms with E-state index in [2.05, 4.69) is 15.1 Å². The van der Waals surface area contributed by atoms with E-state index in [4.69, 9.17) is 0 Å². The zero-order valence-electron chi connectivity index (χ0n) is 14.0. The highest BCUT2D eigenvalue weighted by atomic mass is 16.6. The van der Waals surface area contributed by atoms with Crippen molar-refractivity contribution < 1.29 is 9.72 Å². The molecule has 9 nitrogen and oxygen atoms in total. The summed E-state index contributed by atoms with van der Waals surface area (Å²) in [5.41, 5.74) is 2.26. The summed E-state index contributed by atoms with van der Waals surface area (Å²) in [6, 6.07) is 8.01. The molecule has 0 N–H and O–H groups in total. The molecule has 0 fully saturated rings. The van der Waals surface area contributed by atoms with Crippen LogP contribution < -0.4 is 0 Å². The van der Waals surface area contributed by atoms with Gasteiger partial charge in [-0.05, 0) is 25.5 Å². The summed E-state index contributed by atoms with van der Waals surface area (Å²) in [6.45, 7) is 3.91. The molecule has 0 saturated heterocycles. The van der Waals surface area contributed by atoms with Gasteiger partial charge in [-0.3, -0.25) is 14.9 Å². The third kappa shape index (κ3) is 3.30. The summed E-state index contributed by atoms with van der Waals surface area (Å²) in [5.74, 6) is 0.0211. The third-order valence-corrected chi connectivity index (χ3v) is 3.70. The first-order valence-corrected chi connectivity index (χ1v) is 7.55. The van der Waals surface area contributed by atoms with Crippen LogP contribution >= 0.6 is 0 Å². The maximum Gasteiger partial charge on any atom is 0.293 e. The first-order chi connectivity index (χ1) is 11.8. The molecular weight excluding hydrogens is 324 g/mol. The molecule has 0 aliphatic heterocycles. The number of nitro groups is 1. The van der Waals surface area contributed by atoms with E-state index in [0.717, 1.165) is 11.4 Å². The van der Waals surface area contributed by atoms with Crippen molar-refractivity contribution >= 4 is 17.4 Å². The van der Waals surface area contributed by atoms with Crippen LogP contribution in [0.4, 0.5) is 5.69 Å². The normalized spacial score (nSPS) is 10.8. The summed E-state index contributed by atoms with van der Waals surface area (Å²) in [4.78, 5) is 32.8. The Kier molecular flexibility index (Phi) is 4.14.